The van der Waals surface area contributed by atoms with Crippen molar-refractivity contribution in [3.05, 3.63) is 0 Å². The fourth-order valence-corrected chi connectivity index (χ4v) is 1.21. The fraction of sp³-hybridized carbons (Fsp3) is 0.889. The monoisotopic (exact) mass is 173 g/mol. The van der Waals surface area contributed by atoms with Gasteiger partial charge in [0.05, 0.1) is 7.11 Å². The molecule has 0 saturated carbocycles. The van der Waals surface area contributed by atoms with Gasteiger partial charge in [-0.3, -0.25) is 4.79 Å². The molecule has 12 heavy (non-hydrogen) atoms. The van der Waals surface area contributed by atoms with Gasteiger partial charge in [0.2, 0.25) is 0 Å². The molecule has 3 nitrogen and oxygen atoms in total. The van der Waals surface area contributed by atoms with E-state index in [1.165, 1.54) is 7.11 Å². The maximum atomic E-state index is 10.8. The van der Waals surface area contributed by atoms with E-state index >= 15 is 0 Å². The van der Waals surface area contributed by atoms with Crippen molar-refractivity contribution < 1.29 is 9.53 Å². The highest BCUT2D eigenvalue weighted by molar-refractivity contribution is 5.69. The van der Waals surface area contributed by atoms with Crippen LogP contribution in [0.4, 0.5) is 0 Å². The number of esters is 1. The van der Waals surface area contributed by atoms with E-state index in [1.807, 2.05) is 0 Å². The molecule has 72 valence electrons. The molecule has 1 atom stereocenters. The third-order valence-corrected chi connectivity index (χ3v) is 2.14. The number of nitrogens with two attached hydrogens (primary N) is 1. The summed E-state index contributed by atoms with van der Waals surface area (Å²) < 4.78 is 4.55. The number of hydrogen-bond acceptors (Lipinski definition) is 3. The second kappa shape index (κ2) is 7.10. The molecular weight excluding hydrogens is 154 g/mol. The first-order valence-corrected chi connectivity index (χ1v) is 4.51. The predicted molar refractivity (Wildman–Crippen MR) is 48.7 cm³/mol. The summed E-state index contributed by atoms with van der Waals surface area (Å²) in [5.74, 6) is 0.458. The Hall–Kier alpha value is -0.570. The highest BCUT2D eigenvalue weighted by atomic mass is 16.5. The van der Waals surface area contributed by atoms with Crippen molar-refractivity contribution in [1.29, 1.82) is 0 Å². The standard InChI is InChI=1S/C9H19NO2/c1-3-8(6-7-10)4-5-9(11)12-2/h8H,3-7,10H2,1-2H3/t8-/m0/s1. The number of carbonyl (C=O) groups is 1. The molecule has 0 bridgehead atoms. The van der Waals surface area contributed by atoms with Gasteiger partial charge in [-0.25, -0.2) is 0 Å². The second-order valence-corrected chi connectivity index (χ2v) is 2.97. The van der Waals surface area contributed by atoms with Gasteiger partial charge in [0.25, 0.3) is 0 Å². The van der Waals surface area contributed by atoms with Crippen LogP contribution in [0, 0.1) is 5.92 Å². The summed E-state index contributed by atoms with van der Waals surface area (Å²) in [6.45, 7) is 2.83. The molecule has 0 fully saturated rings. The predicted octanol–water partition coefficient (Wildman–Crippen LogP) is 1.31. The highest BCUT2D eigenvalue weighted by Gasteiger charge is 2.08. The van der Waals surface area contributed by atoms with E-state index < -0.39 is 0 Å². The van der Waals surface area contributed by atoms with E-state index in [1.54, 1.807) is 0 Å². The average Bonchev–Trinajstić information content (AvgIpc) is 2.11. The van der Waals surface area contributed by atoms with Crippen LogP contribution in [0.5, 0.6) is 0 Å². The van der Waals surface area contributed by atoms with Crippen LogP contribution in [0.15, 0.2) is 0 Å². The van der Waals surface area contributed by atoms with Gasteiger partial charge in [0.1, 0.15) is 0 Å². The molecule has 0 rings (SSSR count). The Bertz CT molecular complexity index is 126. The summed E-state index contributed by atoms with van der Waals surface area (Å²) in [7, 11) is 1.42. The Morgan fingerprint density at radius 1 is 1.50 bits per heavy atom. The highest BCUT2D eigenvalue weighted by Crippen LogP contribution is 2.14. The van der Waals surface area contributed by atoms with Crippen LogP contribution in [0.3, 0.4) is 0 Å². The Morgan fingerprint density at radius 3 is 2.58 bits per heavy atom. The summed E-state index contributed by atoms with van der Waals surface area (Å²) >= 11 is 0. The second-order valence-electron chi connectivity index (χ2n) is 2.97. The van der Waals surface area contributed by atoms with Crippen molar-refractivity contribution in [2.75, 3.05) is 13.7 Å². The summed E-state index contributed by atoms with van der Waals surface area (Å²) in [5.41, 5.74) is 5.43. The molecule has 0 aromatic heterocycles. The van der Waals surface area contributed by atoms with Crippen molar-refractivity contribution >= 4 is 5.97 Å². The van der Waals surface area contributed by atoms with Crippen LogP contribution in [-0.2, 0) is 9.53 Å². The lowest BCUT2D eigenvalue weighted by atomic mass is 9.97. The maximum absolute atomic E-state index is 10.8. The van der Waals surface area contributed by atoms with Gasteiger partial charge in [-0.2, -0.15) is 0 Å². The molecule has 0 spiro atoms. The van der Waals surface area contributed by atoms with Gasteiger partial charge in [0, 0.05) is 6.42 Å². The van der Waals surface area contributed by atoms with Crippen LogP contribution in [0.2, 0.25) is 0 Å². The molecule has 0 saturated heterocycles. The van der Waals surface area contributed by atoms with Gasteiger partial charge in [-0.1, -0.05) is 13.3 Å². The van der Waals surface area contributed by atoms with Crippen molar-refractivity contribution in [3.8, 4) is 0 Å². The Balaban J connectivity index is 3.50. The molecule has 3 heteroatoms. The summed E-state index contributed by atoms with van der Waals surface area (Å²) in [4.78, 5) is 10.8. The molecule has 0 heterocycles. The normalized spacial score (nSPS) is 12.6. The van der Waals surface area contributed by atoms with E-state index in [-0.39, 0.29) is 5.97 Å². The molecule has 0 radical (unpaired) electrons. The van der Waals surface area contributed by atoms with Crippen LogP contribution < -0.4 is 5.73 Å². The minimum atomic E-state index is -0.120. The number of ether oxygens (including phenoxy) is 1. The lowest BCUT2D eigenvalue weighted by Gasteiger charge is -2.11. The Morgan fingerprint density at radius 2 is 2.17 bits per heavy atom. The smallest absolute Gasteiger partial charge is 0.305 e. The third-order valence-electron chi connectivity index (χ3n) is 2.14. The molecule has 0 aliphatic carbocycles. The SMILES string of the molecule is CC[C@H](CCN)CCC(=O)OC. The number of rotatable bonds is 6. The van der Waals surface area contributed by atoms with Crippen molar-refractivity contribution in [2.45, 2.75) is 32.6 Å². The van der Waals surface area contributed by atoms with Gasteiger partial charge >= 0.3 is 5.97 Å². The van der Waals surface area contributed by atoms with E-state index in [4.69, 9.17) is 5.73 Å². The average molecular weight is 173 g/mol. The summed E-state index contributed by atoms with van der Waals surface area (Å²) in [5, 5.41) is 0. The molecule has 0 amide bonds. The minimum Gasteiger partial charge on any atom is -0.469 e. The molecular formula is C9H19NO2. The summed E-state index contributed by atoms with van der Waals surface area (Å²) in [6, 6.07) is 0. The van der Waals surface area contributed by atoms with E-state index in [9.17, 15) is 4.79 Å². The first-order chi connectivity index (χ1) is 5.74. The zero-order valence-electron chi connectivity index (χ0n) is 8.01. The molecule has 2 N–H and O–H groups in total. The first kappa shape index (κ1) is 11.4. The third kappa shape index (κ3) is 5.13. The van der Waals surface area contributed by atoms with Crippen molar-refractivity contribution in [1.82, 2.24) is 0 Å². The zero-order chi connectivity index (χ0) is 9.40. The first-order valence-electron chi connectivity index (χ1n) is 4.51. The maximum Gasteiger partial charge on any atom is 0.305 e. The zero-order valence-corrected chi connectivity index (χ0v) is 8.01. The van der Waals surface area contributed by atoms with E-state index in [0.717, 1.165) is 19.3 Å². The van der Waals surface area contributed by atoms with Gasteiger partial charge in [0.15, 0.2) is 0 Å². The van der Waals surface area contributed by atoms with Gasteiger partial charge in [-0.15, -0.1) is 0 Å². The van der Waals surface area contributed by atoms with E-state index in [2.05, 4.69) is 11.7 Å². The van der Waals surface area contributed by atoms with Crippen LogP contribution in [-0.4, -0.2) is 19.6 Å². The molecule has 0 aliphatic heterocycles. The molecule has 0 aromatic carbocycles. The van der Waals surface area contributed by atoms with Crippen LogP contribution in [0.1, 0.15) is 32.6 Å². The Kier molecular flexibility index (Phi) is 6.76. The number of methoxy groups -OCH3 is 1. The van der Waals surface area contributed by atoms with Crippen LogP contribution in [0.25, 0.3) is 0 Å². The van der Waals surface area contributed by atoms with Gasteiger partial charge < -0.3 is 10.5 Å². The van der Waals surface area contributed by atoms with E-state index in [0.29, 0.717) is 18.9 Å². The molecule has 0 unspecified atom stereocenters. The largest absolute Gasteiger partial charge is 0.469 e. The minimum absolute atomic E-state index is 0.120. The topological polar surface area (TPSA) is 52.3 Å². The molecule has 0 aromatic rings. The lowest BCUT2D eigenvalue weighted by Crippen LogP contribution is -2.10. The van der Waals surface area contributed by atoms with Crippen LogP contribution >= 0.6 is 0 Å². The fourth-order valence-electron chi connectivity index (χ4n) is 1.21. The summed E-state index contributed by atoms with van der Waals surface area (Å²) in [6.07, 6.45) is 3.52. The lowest BCUT2D eigenvalue weighted by molar-refractivity contribution is -0.140. The quantitative estimate of drug-likeness (QED) is 0.616. The van der Waals surface area contributed by atoms with Crippen molar-refractivity contribution in [3.63, 3.8) is 0 Å². The number of hydrogen-bond donors (Lipinski definition) is 1. The van der Waals surface area contributed by atoms with Crippen molar-refractivity contribution in [2.24, 2.45) is 11.7 Å². The molecule has 0 aliphatic rings. The Labute approximate surface area is 74.3 Å². The number of carbonyl (C=O) groups excluding carboxylic acids is 1. The van der Waals surface area contributed by atoms with Gasteiger partial charge in [-0.05, 0) is 25.3 Å².